The molecule has 0 spiro atoms. The lowest BCUT2D eigenvalue weighted by Gasteiger charge is -2.18. The largest absolute Gasteiger partial charge is 0.489 e. The minimum absolute atomic E-state index is 0.0369. The molecule has 0 bridgehead atoms. The topological polar surface area (TPSA) is 64.3 Å². The van der Waals surface area contributed by atoms with Crippen LogP contribution in [0.3, 0.4) is 0 Å². The first-order valence-corrected chi connectivity index (χ1v) is 10.2. The third-order valence-corrected chi connectivity index (χ3v) is 5.26. The maximum Gasteiger partial charge on any atom is 0.416 e. The summed E-state index contributed by atoms with van der Waals surface area (Å²) in [6.07, 6.45) is -1.55. The monoisotopic (exact) mass is 470 g/mol. The summed E-state index contributed by atoms with van der Waals surface area (Å²) in [5.74, 6) is 0.356. The molecule has 3 rings (SSSR count). The van der Waals surface area contributed by atoms with E-state index < -0.39 is 22.9 Å². The van der Waals surface area contributed by atoms with Gasteiger partial charge in [0.05, 0.1) is 21.9 Å². The van der Waals surface area contributed by atoms with Gasteiger partial charge in [0.2, 0.25) is 0 Å². The van der Waals surface area contributed by atoms with E-state index in [2.05, 4.69) is 4.98 Å². The van der Waals surface area contributed by atoms with Crippen LogP contribution in [0.15, 0.2) is 69.6 Å². The van der Waals surface area contributed by atoms with Crippen LogP contribution in [0.4, 0.5) is 13.2 Å². The Morgan fingerprint density at radius 2 is 1.84 bits per heavy atom. The van der Waals surface area contributed by atoms with E-state index in [9.17, 15) is 23.1 Å². The van der Waals surface area contributed by atoms with E-state index in [1.807, 2.05) is 0 Å². The molecule has 0 atom stereocenters. The van der Waals surface area contributed by atoms with Gasteiger partial charge in [0.25, 0.3) is 5.56 Å². The fourth-order valence-electron chi connectivity index (χ4n) is 2.50. The van der Waals surface area contributed by atoms with Gasteiger partial charge < -0.3 is 9.84 Å². The van der Waals surface area contributed by atoms with Crippen LogP contribution in [-0.2, 0) is 6.18 Å². The average molecular weight is 471 g/mol. The Labute approximate surface area is 185 Å². The highest BCUT2D eigenvalue weighted by Crippen LogP contribution is 2.32. The van der Waals surface area contributed by atoms with Gasteiger partial charge in [-0.25, -0.2) is 4.98 Å². The molecule has 0 saturated carbocycles. The fraction of sp³-hybridized carbons (Fsp3) is 0.238. The van der Waals surface area contributed by atoms with Crippen LogP contribution in [0, 0.1) is 0 Å². The molecule has 1 N–H and O–H groups in total. The van der Waals surface area contributed by atoms with E-state index in [4.69, 9.17) is 16.3 Å². The molecule has 0 saturated heterocycles. The number of aromatic nitrogens is 2. The minimum atomic E-state index is -4.43. The average Bonchev–Trinajstić information content (AvgIpc) is 2.68. The minimum Gasteiger partial charge on any atom is -0.489 e. The summed E-state index contributed by atoms with van der Waals surface area (Å²) in [4.78, 5) is 17.3. The van der Waals surface area contributed by atoms with Gasteiger partial charge in [0.1, 0.15) is 12.4 Å². The molecule has 5 nitrogen and oxygen atoms in total. The summed E-state index contributed by atoms with van der Waals surface area (Å²) in [5, 5.41) is 10.1. The fourth-order valence-corrected chi connectivity index (χ4v) is 3.53. The number of benzene rings is 2. The summed E-state index contributed by atoms with van der Waals surface area (Å²) in [6, 6.07) is 9.23. The van der Waals surface area contributed by atoms with Crippen LogP contribution in [0.2, 0.25) is 5.02 Å². The Morgan fingerprint density at radius 1 is 1.16 bits per heavy atom. The Bertz CT molecular complexity index is 1130. The van der Waals surface area contributed by atoms with Crippen molar-refractivity contribution in [1.82, 2.24) is 9.55 Å². The van der Waals surface area contributed by atoms with E-state index in [1.54, 1.807) is 26.0 Å². The van der Waals surface area contributed by atoms with Gasteiger partial charge in [-0.3, -0.25) is 9.36 Å². The lowest BCUT2D eigenvalue weighted by atomic mass is 10.2. The Kier molecular flexibility index (Phi) is 6.68. The number of alkyl halides is 3. The quantitative estimate of drug-likeness (QED) is 0.536. The Morgan fingerprint density at radius 3 is 2.42 bits per heavy atom. The van der Waals surface area contributed by atoms with Crippen LogP contribution in [-0.4, -0.2) is 26.9 Å². The highest BCUT2D eigenvalue weighted by molar-refractivity contribution is 7.99. The van der Waals surface area contributed by atoms with Crippen molar-refractivity contribution in [2.75, 3.05) is 6.61 Å². The molecule has 0 aliphatic rings. The molecule has 0 unspecified atom stereocenters. The molecule has 2 aromatic carbocycles. The number of rotatable bonds is 6. The summed E-state index contributed by atoms with van der Waals surface area (Å²) < 4.78 is 45.0. The van der Waals surface area contributed by atoms with Crippen molar-refractivity contribution in [3.63, 3.8) is 0 Å². The number of halogens is 4. The van der Waals surface area contributed by atoms with Gasteiger partial charge in [-0.2, -0.15) is 13.2 Å². The van der Waals surface area contributed by atoms with Gasteiger partial charge in [0, 0.05) is 17.3 Å². The van der Waals surface area contributed by atoms with Crippen molar-refractivity contribution in [2.24, 2.45) is 0 Å². The summed E-state index contributed by atoms with van der Waals surface area (Å²) in [5.41, 5.74) is -1.79. The van der Waals surface area contributed by atoms with Crippen LogP contribution in [0.25, 0.3) is 5.69 Å². The second-order valence-corrected chi connectivity index (χ2v) is 8.72. The zero-order valence-electron chi connectivity index (χ0n) is 16.5. The molecule has 0 fully saturated rings. The first-order chi connectivity index (χ1) is 14.4. The third-order valence-electron chi connectivity index (χ3n) is 3.98. The number of hydrogen-bond acceptors (Lipinski definition) is 5. The van der Waals surface area contributed by atoms with Crippen molar-refractivity contribution in [1.29, 1.82) is 0 Å². The third kappa shape index (κ3) is 6.03. The smallest absolute Gasteiger partial charge is 0.416 e. The van der Waals surface area contributed by atoms with E-state index in [-0.39, 0.29) is 16.7 Å². The predicted molar refractivity (Wildman–Crippen MR) is 112 cm³/mol. The van der Waals surface area contributed by atoms with Crippen LogP contribution in [0.5, 0.6) is 5.75 Å². The second-order valence-electron chi connectivity index (χ2n) is 7.25. The van der Waals surface area contributed by atoms with Crippen molar-refractivity contribution in [3.05, 3.63) is 75.8 Å². The first kappa shape index (κ1) is 23.2. The number of aliphatic hydroxyl groups is 1. The summed E-state index contributed by atoms with van der Waals surface area (Å²) >= 11 is 7.21. The molecular weight excluding hydrogens is 453 g/mol. The zero-order chi connectivity index (χ0) is 22.8. The normalized spacial score (nSPS) is 12.1. The molecule has 31 heavy (non-hydrogen) atoms. The highest BCUT2D eigenvalue weighted by atomic mass is 35.5. The van der Waals surface area contributed by atoms with E-state index >= 15 is 0 Å². The van der Waals surface area contributed by atoms with E-state index in [0.717, 1.165) is 23.9 Å². The lowest BCUT2D eigenvalue weighted by Crippen LogP contribution is -2.28. The lowest BCUT2D eigenvalue weighted by molar-refractivity contribution is -0.137. The van der Waals surface area contributed by atoms with Crippen LogP contribution in [0.1, 0.15) is 19.4 Å². The van der Waals surface area contributed by atoms with E-state index in [0.29, 0.717) is 16.3 Å². The van der Waals surface area contributed by atoms with Crippen LogP contribution >= 0.6 is 23.4 Å². The van der Waals surface area contributed by atoms with Gasteiger partial charge >= 0.3 is 6.18 Å². The second kappa shape index (κ2) is 8.94. The molecule has 0 radical (unpaired) electrons. The molecule has 3 aromatic rings. The van der Waals surface area contributed by atoms with Crippen LogP contribution < -0.4 is 10.3 Å². The zero-order valence-corrected chi connectivity index (χ0v) is 18.1. The molecule has 164 valence electrons. The Balaban J connectivity index is 1.84. The van der Waals surface area contributed by atoms with Gasteiger partial charge in [-0.05, 0) is 56.3 Å². The van der Waals surface area contributed by atoms with Crippen molar-refractivity contribution in [2.45, 2.75) is 35.5 Å². The summed E-state index contributed by atoms with van der Waals surface area (Å²) in [7, 11) is 0. The predicted octanol–water partition coefficient (Wildman–Crippen LogP) is 5.21. The Hall–Kier alpha value is -2.49. The molecule has 0 aliphatic heterocycles. The van der Waals surface area contributed by atoms with E-state index in [1.165, 1.54) is 35.2 Å². The van der Waals surface area contributed by atoms with Gasteiger partial charge in [-0.1, -0.05) is 23.4 Å². The summed E-state index contributed by atoms with van der Waals surface area (Å²) in [6.45, 7) is 3.23. The maximum absolute atomic E-state index is 12.8. The molecule has 1 heterocycles. The van der Waals surface area contributed by atoms with Gasteiger partial charge in [-0.15, -0.1) is 0 Å². The maximum atomic E-state index is 12.8. The molecule has 0 amide bonds. The van der Waals surface area contributed by atoms with Crippen molar-refractivity contribution in [3.8, 4) is 11.4 Å². The number of nitrogens with zero attached hydrogens (tertiary/aromatic N) is 2. The molecule has 1 aromatic heterocycles. The van der Waals surface area contributed by atoms with Crippen molar-refractivity contribution >= 4 is 23.4 Å². The number of hydrogen-bond donors (Lipinski definition) is 1. The van der Waals surface area contributed by atoms with Gasteiger partial charge in [0.15, 0.2) is 5.03 Å². The molecular formula is C21H18ClF3N2O3S. The standard InChI is InChI=1S/C21H18ClF3N2O3S/c1-20(2,29)12-30-17-8-5-14(11-16(17)22)27-10-9-26-18(19(27)28)31-15-6-3-13(4-7-15)21(23,24)25/h3-11,29H,12H2,1-2H3. The number of ether oxygens (including phenoxy) is 1. The van der Waals surface area contributed by atoms with Crippen molar-refractivity contribution < 1.29 is 23.0 Å². The molecule has 0 aliphatic carbocycles. The SMILES string of the molecule is CC(C)(O)COc1ccc(-n2ccnc(Sc3ccc(C(F)(F)F)cc3)c2=O)cc1Cl. The highest BCUT2D eigenvalue weighted by Gasteiger charge is 2.30. The first-order valence-electron chi connectivity index (χ1n) is 9.02. The molecule has 10 heteroatoms.